The lowest BCUT2D eigenvalue weighted by Gasteiger charge is -2.18. The summed E-state index contributed by atoms with van der Waals surface area (Å²) in [7, 11) is 1.77. The first-order valence-corrected chi connectivity index (χ1v) is 10.7. The van der Waals surface area contributed by atoms with Gasteiger partial charge in [0.05, 0.1) is 0 Å². The number of nitrogens with one attached hydrogen (secondary N) is 2. The first-order valence-electron chi connectivity index (χ1n) is 9.68. The van der Waals surface area contributed by atoms with Crippen molar-refractivity contribution in [2.45, 2.75) is 25.3 Å². The molecule has 0 fully saturated rings. The Balaban J connectivity index is 0.00000420. The zero-order valence-corrected chi connectivity index (χ0v) is 20.5. The number of carbonyl (C=O) groups is 1. The molecule has 0 saturated heterocycles. The number of hydrogen-bond donors (Lipinski definition) is 2. The Kier molecular flexibility index (Phi) is 12.5. The molecule has 2 aromatic carbocycles. The molecule has 0 spiro atoms. The summed E-state index contributed by atoms with van der Waals surface area (Å²) in [6, 6.07) is 18.1. The van der Waals surface area contributed by atoms with Gasteiger partial charge in [0.15, 0.2) is 5.96 Å². The van der Waals surface area contributed by atoms with Gasteiger partial charge in [0, 0.05) is 49.4 Å². The number of benzene rings is 2. The van der Waals surface area contributed by atoms with Crippen LogP contribution in [0.2, 0.25) is 0 Å². The molecule has 0 aliphatic carbocycles. The van der Waals surface area contributed by atoms with Crippen LogP contribution in [0.15, 0.2) is 64.5 Å². The van der Waals surface area contributed by atoms with E-state index in [0.717, 1.165) is 42.5 Å². The molecule has 0 atom stereocenters. The summed E-state index contributed by atoms with van der Waals surface area (Å²) < 4.78 is 0. The van der Waals surface area contributed by atoms with E-state index in [-0.39, 0.29) is 29.9 Å². The van der Waals surface area contributed by atoms with Crippen molar-refractivity contribution in [1.82, 2.24) is 15.5 Å². The molecule has 0 aliphatic heterocycles. The highest BCUT2D eigenvalue weighted by molar-refractivity contribution is 14.0. The number of thioether (sulfide) groups is 1. The van der Waals surface area contributed by atoms with Gasteiger partial charge in [-0.05, 0) is 43.7 Å². The minimum absolute atomic E-state index is 0. The molecule has 0 heterocycles. The van der Waals surface area contributed by atoms with Gasteiger partial charge >= 0.3 is 0 Å². The molecule has 158 valence electrons. The van der Waals surface area contributed by atoms with E-state index < -0.39 is 0 Å². The number of aliphatic imine (C=N–C) groups is 1. The largest absolute Gasteiger partial charge is 0.356 e. The highest BCUT2D eigenvalue weighted by Gasteiger charge is 2.11. The zero-order chi connectivity index (χ0) is 20.2. The highest BCUT2D eigenvalue weighted by Crippen LogP contribution is 2.15. The Labute approximate surface area is 195 Å². The Morgan fingerprint density at radius 2 is 1.66 bits per heavy atom. The number of guanidine groups is 1. The standard InChI is InChI=1S/C22H30N4OS.HI/c1-4-26(5-2)21(27)19-13-11-18(12-14-19)17-25-22(23-3)24-15-16-28-20-9-7-6-8-10-20;/h6-14H,4-5,15-17H2,1-3H3,(H2,23,24,25);1H. The minimum atomic E-state index is 0. The Morgan fingerprint density at radius 3 is 2.24 bits per heavy atom. The zero-order valence-electron chi connectivity index (χ0n) is 17.4. The summed E-state index contributed by atoms with van der Waals surface area (Å²) in [5, 5.41) is 6.64. The maximum Gasteiger partial charge on any atom is 0.253 e. The summed E-state index contributed by atoms with van der Waals surface area (Å²) in [6.45, 7) is 6.93. The highest BCUT2D eigenvalue weighted by atomic mass is 127. The maximum absolute atomic E-state index is 12.4. The normalized spacial score (nSPS) is 10.8. The summed E-state index contributed by atoms with van der Waals surface area (Å²) in [5.41, 5.74) is 1.84. The lowest BCUT2D eigenvalue weighted by atomic mass is 10.1. The number of carbonyl (C=O) groups excluding carboxylic acids is 1. The third kappa shape index (κ3) is 8.65. The predicted molar refractivity (Wildman–Crippen MR) is 134 cm³/mol. The van der Waals surface area contributed by atoms with Crippen molar-refractivity contribution < 1.29 is 4.79 Å². The SMILES string of the molecule is CCN(CC)C(=O)c1ccc(CNC(=NC)NCCSc2ccccc2)cc1.I. The van der Waals surface area contributed by atoms with Crippen molar-refractivity contribution in [3.05, 3.63) is 65.7 Å². The molecular formula is C22H31IN4OS. The fourth-order valence-corrected chi connectivity index (χ4v) is 3.51. The fourth-order valence-electron chi connectivity index (χ4n) is 2.72. The second kappa shape index (κ2) is 14.3. The first-order chi connectivity index (χ1) is 13.7. The van der Waals surface area contributed by atoms with Gasteiger partial charge in [-0.3, -0.25) is 9.79 Å². The monoisotopic (exact) mass is 526 g/mol. The molecule has 29 heavy (non-hydrogen) atoms. The van der Waals surface area contributed by atoms with E-state index in [1.54, 1.807) is 7.05 Å². The van der Waals surface area contributed by atoms with Gasteiger partial charge in [0.25, 0.3) is 5.91 Å². The molecular weight excluding hydrogens is 495 g/mol. The number of halogens is 1. The molecule has 7 heteroatoms. The van der Waals surface area contributed by atoms with E-state index in [2.05, 4.69) is 39.9 Å². The summed E-state index contributed by atoms with van der Waals surface area (Å²) in [6.07, 6.45) is 0. The third-order valence-electron chi connectivity index (χ3n) is 4.34. The first kappa shape index (κ1) is 25.3. The van der Waals surface area contributed by atoms with Gasteiger partial charge in [-0.25, -0.2) is 0 Å². The van der Waals surface area contributed by atoms with Crippen molar-refractivity contribution in [2.75, 3.05) is 32.4 Å². The van der Waals surface area contributed by atoms with Crippen LogP contribution in [0.25, 0.3) is 0 Å². The van der Waals surface area contributed by atoms with Gasteiger partial charge in [0.2, 0.25) is 0 Å². The van der Waals surface area contributed by atoms with Gasteiger partial charge < -0.3 is 15.5 Å². The number of rotatable bonds is 9. The average molecular weight is 526 g/mol. The van der Waals surface area contributed by atoms with Gasteiger partial charge in [0.1, 0.15) is 0 Å². The molecule has 0 radical (unpaired) electrons. The van der Waals surface area contributed by atoms with Gasteiger partial charge in [-0.1, -0.05) is 30.3 Å². The Hall–Kier alpha value is -1.74. The number of amides is 1. The summed E-state index contributed by atoms with van der Waals surface area (Å²) in [4.78, 5) is 19.7. The molecule has 0 bridgehead atoms. The van der Waals surface area contributed by atoms with Gasteiger partial charge in [-0.2, -0.15) is 0 Å². The van der Waals surface area contributed by atoms with Crippen molar-refractivity contribution in [3.8, 4) is 0 Å². The van der Waals surface area contributed by atoms with Crippen molar-refractivity contribution in [2.24, 2.45) is 4.99 Å². The molecule has 2 aromatic rings. The maximum atomic E-state index is 12.4. The van der Waals surface area contributed by atoms with Crippen LogP contribution in [-0.4, -0.2) is 49.2 Å². The van der Waals surface area contributed by atoms with Crippen molar-refractivity contribution >= 4 is 47.6 Å². The predicted octanol–water partition coefficient (Wildman–Crippen LogP) is 4.24. The fraction of sp³-hybridized carbons (Fsp3) is 0.364. The quantitative estimate of drug-likeness (QED) is 0.169. The topological polar surface area (TPSA) is 56.7 Å². The van der Waals surface area contributed by atoms with E-state index in [1.165, 1.54) is 4.90 Å². The average Bonchev–Trinajstić information content (AvgIpc) is 2.75. The van der Waals surface area contributed by atoms with Crippen LogP contribution in [0.4, 0.5) is 0 Å². The molecule has 0 unspecified atom stereocenters. The number of nitrogens with zero attached hydrogens (tertiary/aromatic N) is 2. The Morgan fingerprint density at radius 1 is 1.00 bits per heavy atom. The number of hydrogen-bond acceptors (Lipinski definition) is 3. The van der Waals surface area contributed by atoms with Gasteiger partial charge in [-0.15, -0.1) is 35.7 Å². The lowest BCUT2D eigenvalue weighted by molar-refractivity contribution is 0.0773. The van der Waals surface area contributed by atoms with E-state index in [9.17, 15) is 4.79 Å². The van der Waals surface area contributed by atoms with Crippen molar-refractivity contribution in [3.63, 3.8) is 0 Å². The molecule has 5 nitrogen and oxygen atoms in total. The molecule has 2 N–H and O–H groups in total. The summed E-state index contributed by atoms with van der Waals surface area (Å²) in [5.74, 6) is 1.82. The lowest BCUT2D eigenvalue weighted by Crippen LogP contribution is -2.37. The van der Waals surface area contributed by atoms with Crippen molar-refractivity contribution in [1.29, 1.82) is 0 Å². The van der Waals surface area contributed by atoms with E-state index in [1.807, 2.05) is 60.8 Å². The summed E-state index contributed by atoms with van der Waals surface area (Å²) >= 11 is 1.82. The smallest absolute Gasteiger partial charge is 0.253 e. The second-order valence-electron chi connectivity index (χ2n) is 6.19. The second-order valence-corrected chi connectivity index (χ2v) is 7.36. The van der Waals surface area contributed by atoms with Crippen LogP contribution >= 0.6 is 35.7 Å². The van der Waals surface area contributed by atoms with Crippen LogP contribution in [-0.2, 0) is 6.54 Å². The van der Waals surface area contributed by atoms with E-state index in [0.29, 0.717) is 6.54 Å². The molecule has 0 saturated carbocycles. The third-order valence-corrected chi connectivity index (χ3v) is 5.36. The molecule has 0 aliphatic rings. The minimum Gasteiger partial charge on any atom is -0.356 e. The van der Waals surface area contributed by atoms with Crippen LogP contribution < -0.4 is 10.6 Å². The Bertz CT molecular complexity index is 749. The van der Waals surface area contributed by atoms with Crippen LogP contribution in [0.3, 0.4) is 0 Å². The molecule has 1 amide bonds. The van der Waals surface area contributed by atoms with E-state index >= 15 is 0 Å². The van der Waals surface area contributed by atoms with E-state index in [4.69, 9.17) is 0 Å². The molecule has 0 aromatic heterocycles. The van der Waals surface area contributed by atoms with Crippen LogP contribution in [0.1, 0.15) is 29.8 Å². The van der Waals surface area contributed by atoms with Crippen LogP contribution in [0, 0.1) is 0 Å². The van der Waals surface area contributed by atoms with Crippen LogP contribution in [0.5, 0.6) is 0 Å². The molecule has 2 rings (SSSR count).